The van der Waals surface area contributed by atoms with E-state index in [1.165, 1.54) is 22.6 Å². The second-order valence-electron chi connectivity index (χ2n) is 5.10. The third-order valence-electron chi connectivity index (χ3n) is 3.79. The minimum atomic E-state index is -4.31. The van der Waals surface area contributed by atoms with Crippen molar-refractivity contribution in [2.24, 2.45) is 5.73 Å². The standard InChI is InChI=1S/C16H14F3NS/c17-16(18,19)11-7-5-10(6-8-11)15(20)13-9-21-14-4-2-1-3-12(13)14/h1-8,13,15H,9,20H2. The maximum absolute atomic E-state index is 12.6. The number of benzene rings is 2. The van der Waals surface area contributed by atoms with E-state index in [9.17, 15) is 13.2 Å². The Labute approximate surface area is 125 Å². The van der Waals surface area contributed by atoms with E-state index in [0.29, 0.717) is 0 Å². The first-order chi connectivity index (χ1) is 9.97. The highest BCUT2D eigenvalue weighted by Gasteiger charge is 2.32. The van der Waals surface area contributed by atoms with E-state index in [1.54, 1.807) is 11.8 Å². The lowest BCUT2D eigenvalue weighted by atomic mass is 9.89. The highest BCUT2D eigenvalue weighted by atomic mass is 32.2. The summed E-state index contributed by atoms with van der Waals surface area (Å²) in [5.74, 6) is 1.00. The minimum Gasteiger partial charge on any atom is -0.323 e. The first-order valence-corrected chi connectivity index (χ1v) is 7.60. The van der Waals surface area contributed by atoms with Crippen molar-refractivity contribution in [3.63, 3.8) is 0 Å². The van der Waals surface area contributed by atoms with Gasteiger partial charge in [0.25, 0.3) is 0 Å². The molecule has 0 saturated heterocycles. The Morgan fingerprint density at radius 2 is 1.71 bits per heavy atom. The van der Waals surface area contributed by atoms with Gasteiger partial charge in [-0.3, -0.25) is 0 Å². The van der Waals surface area contributed by atoms with Gasteiger partial charge in [-0.1, -0.05) is 30.3 Å². The Kier molecular flexibility index (Phi) is 3.71. The molecule has 0 bridgehead atoms. The van der Waals surface area contributed by atoms with Gasteiger partial charge in [-0.15, -0.1) is 11.8 Å². The molecule has 0 radical (unpaired) electrons. The number of rotatable bonds is 2. The van der Waals surface area contributed by atoms with Crippen molar-refractivity contribution in [3.8, 4) is 0 Å². The van der Waals surface area contributed by atoms with Crippen LogP contribution >= 0.6 is 11.8 Å². The van der Waals surface area contributed by atoms with Crippen LogP contribution in [-0.4, -0.2) is 5.75 Å². The van der Waals surface area contributed by atoms with Crippen molar-refractivity contribution < 1.29 is 13.2 Å². The zero-order valence-electron chi connectivity index (χ0n) is 11.1. The Morgan fingerprint density at radius 3 is 2.38 bits per heavy atom. The molecule has 5 heteroatoms. The normalized spacial score (nSPS) is 19.3. The SMILES string of the molecule is NC(c1ccc(C(F)(F)F)cc1)C1CSc2ccccc21. The third-order valence-corrected chi connectivity index (χ3v) is 5.00. The van der Waals surface area contributed by atoms with Crippen molar-refractivity contribution in [1.29, 1.82) is 0 Å². The van der Waals surface area contributed by atoms with Crippen LogP contribution in [0, 0.1) is 0 Å². The fourth-order valence-corrected chi connectivity index (χ4v) is 3.92. The first kappa shape index (κ1) is 14.5. The summed E-state index contributed by atoms with van der Waals surface area (Å²) in [7, 11) is 0. The minimum absolute atomic E-state index is 0.142. The average molecular weight is 309 g/mol. The van der Waals surface area contributed by atoms with Gasteiger partial charge in [-0.05, 0) is 29.3 Å². The molecule has 0 spiro atoms. The fraction of sp³-hybridized carbons (Fsp3) is 0.250. The maximum atomic E-state index is 12.6. The van der Waals surface area contributed by atoms with Crippen LogP contribution in [0.15, 0.2) is 53.4 Å². The van der Waals surface area contributed by atoms with E-state index in [4.69, 9.17) is 5.73 Å². The van der Waals surface area contributed by atoms with Gasteiger partial charge in [0, 0.05) is 22.6 Å². The monoisotopic (exact) mass is 309 g/mol. The molecule has 0 amide bonds. The highest BCUT2D eigenvalue weighted by Crippen LogP contribution is 2.44. The van der Waals surface area contributed by atoms with Crippen LogP contribution in [-0.2, 0) is 6.18 Å². The molecule has 2 atom stereocenters. The number of hydrogen-bond acceptors (Lipinski definition) is 2. The van der Waals surface area contributed by atoms with Crippen LogP contribution < -0.4 is 5.73 Å². The Bertz CT molecular complexity index is 637. The molecule has 0 saturated carbocycles. The first-order valence-electron chi connectivity index (χ1n) is 6.61. The number of hydrogen-bond donors (Lipinski definition) is 1. The van der Waals surface area contributed by atoms with Crippen LogP contribution in [0.3, 0.4) is 0 Å². The lowest BCUT2D eigenvalue weighted by Crippen LogP contribution is -2.20. The summed E-state index contributed by atoms with van der Waals surface area (Å²) in [4.78, 5) is 1.21. The molecule has 21 heavy (non-hydrogen) atoms. The summed E-state index contributed by atoms with van der Waals surface area (Å²) < 4.78 is 37.8. The van der Waals surface area contributed by atoms with E-state index in [1.807, 2.05) is 18.2 Å². The van der Waals surface area contributed by atoms with Gasteiger partial charge in [0.05, 0.1) is 5.56 Å². The van der Waals surface area contributed by atoms with Gasteiger partial charge in [-0.25, -0.2) is 0 Å². The van der Waals surface area contributed by atoms with Gasteiger partial charge < -0.3 is 5.73 Å². The van der Waals surface area contributed by atoms with Crippen molar-refractivity contribution in [1.82, 2.24) is 0 Å². The number of halogens is 3. The lowest BCUT2D eigenvalue weighted by Gasteiger charge is -2.20. The predicted octanol–water partition coefficient (Wildman–Crippen LogP) is 4.59. The van der Waals surface area contributed by atoms with Gasteiger partial charge >= 0.3 is 6.18 Å². The van der Waals surface area contributed by atoms with E-state index in [-0.39, 0.29) is 12.0 Å². The average Bonchev–Trinajstić information content (AvgIpc) is 2.90. The van der Waals surface area contributed by atoms with Gasteiger partial charge in [-0.2, -0.15) is 13.2 Å². The highest BCUT2D eigenvalue weighted by molar-refractivity contribution is 7.99. The number of alkyl halides is 3. The van der Waals surface area contributed by atoms with Crippen molar-refractivity contribution in [3.05, 3.63) is 65.2 Å². The Hall–Kier alpha value is -1.46. The van der Waals surface area contributed by atoms with E-state index in [0.717, 1.165) is 23.4 Å². The summed E-state index contributed by atoms with van der Waals surface area (Å²) in [6.07, 6.45) is -4.31. The summed E-state index contributed by atoms with van der Waals surface area (Å²) in [5.41, 5.74) is 7.57. The molecule has 3 rings (SSSR count). The van der Waals surface area contributed by atoms with Crippen molar-refractivity contribution >= 4 is 11.8 Å². The molecule has 1 nitrogen and oxygen atoms in total. The molecule has 2 aromatic carbocycles. The van der Waals surface area contributed by atoms with E-state index < -0.39 is 11.7 Å². The number of nitrogens with two attached hydrogens (primary N) is 1. The maximum Gasteiger partial charge on any atom is 0.416 e. The molecular formula is C16H14F3NS. The van der Waals surface area contributed by atoms with Crippen LogP contribution in [0.2, 0.25) is 0 Å². The van der Waals surface area contributed by atoms with Crippen molar-refractivity contribution in [2.45, 2.75) is 23.0 Å². The molecule has 110 valence electrons. The molecule has 0 aliphatic carbocycles. The molecule has 0 fully saturated rings. The zero-order chi connectivity index (χ0) is 15.0. The molecule has 2 unspecified atom stereocenters. The molecule has 1 aliphatic rings. The molecule has 0 aromatic heterocycles. The van der Waals surface area contributed by atoms with Gasteiger partial charge in [0.15, 0.2) is 0 Å². The fourth-order valence-electron chi connectivity index (χ4n) is 2.61. The van der Waals surface area contributed by atoms with Crippen molar-refractivity contribution in [2.75, 3.05) is 5.75 Å². The Morgan fingerprint density at radius 1 is 1.05 bits per heavy atom. The second kappa shape index (κ2) is 5.39. The zero-order valence-corrected chi connectivity index (χ0v) is 11.9. The van der Waals surface area contributed by atoms with Crippen LogP contribution in [0.4, 0.5) is 13.2 Å². The van der Waals surface area contributed by atoms with Crippen LogP contribution in [0.1, 0.15) is 28.7 Å². The molecule has 1 heterocycles. The Balaban J connectivity index is 1.85. The summed E-state index contributed by atoms with van der Waals surface area (Å²) >= 11 is 1.75. The van der Waals surface area contributed by atoms with E-state index >= 15 is 0 Å². The van der Waals surface area contributed by atoms with Crippen LogP contribution in [0.25, 0.3) is 0 Å². The van der Waals surface area contributed by atoms with E-state index in [2.05, 4.69) is 6.07 Å². The second-order valence-corrected chi connectivity index (χ2v) is 6.16. The quantitative estimate of drug-likeness (QED) is 0.877. The molecule has 2 aromatic rings. The third kappa shape index (κ3) is 2.80. The lowest BCUT2D eigenvalue weighted by molar-refractivity contribution is -0.137. The molecule has 1 aliphatic heterocycles. The number of thioether (sulfide) groups is 1. The largest absolute Gasteiger partial charge is 0.416 e. The number of fused-ring (bicyclic) bond motifs is 1. The topological polar surface area (TPSA) is 26.0 Å². The summed E-state index contributed by atoms with van der Waals surface area (Å²) in [6, 6.07) is 12.9. The summed E-state index contributed by atoms with van der Waals surface area (Å²) in [5, 5.41) is 0. The van der Waals surface area contributed by atoms with Gasteiger partial charge in [0.1, 0.15) is 0 Å². The van der Waals surface area contributed by atoms with Crippen LogP contribution in [0.5, 0.6) is 0 Å². The molecule has 2 N–H and O–H groups in total. The van der Waals surface area contributed by atoms with Gasteiger partial charge in [0.2, 0.25) is 0 Å². The smallest absolute Gasteiger partial charge is 0.323 e. The molecular weight excluding hydrogens is 295 g/mol. The predicted molar refractivity (Wildman–Crippen MR) is 78.3 cm³/mol. The summed E-state index contributed by atoms with van der Waals surface area (Å²) in [6.45, 7) is 0.